The van der Waals surface area contributed by atoms with Crippen LogP contribution in [-0.2, 0) is 11.3 Å². The minimum atomic E-state index is -1.06. The van der Waals surface area contributed by atoms with Crippen molar-refractivity contribution in [2.75, 3.05) is 20.7 Å². The van der Waals surface area contributed by atoms with Crippen LogP contribution in [-0.4, -0.2) is 48.5 Å². The molecule has 0 spiro atoms. The molecule has 2 N–H and O–H groups in total. The highest BCUT2D eigenvalue weighted by atomic mass is 16.5. The zero-order valence-corrected chi connectivity index (χ0v) is 16.4. The van der Waals surface area contributed by atoms with Gasteiger partial charge >= 0.3 is 5.97 Å². The number of nitrogens with one attached hydrogen (secondary N) is 1. The van der Waals surface area contributed by atoms with Crippen LogP contribution in [0.4, 0.5) is 0 Å². The van der Waals surface area contributed by atoms with Crippen LogP contribution < -0.4 is 10.1 Å². The topological polar surface area (TPSA) is 95.9 Å². The summed E-state index contributed by atoms with van der Waals surface area (Å²) in [6.07, 6.45) is 0. The molecule has 0 saturated heterocycles. The van der Waals surface area contributed by atoms with Crippen LogP contribution in [0.1, 0.15) is 37.4 Å². The molecule has 7 heteroatoms. The highest BCUT2D eigenvalue weighted by molar-refractivity contribution is 5.95. The van der Waals surface area contributed by atoms with Crippen molar-refractivity contribution in [2.24, 2.45) is 0 Å². The summed E-state index contributed by atoms with van der Waals surface area (Å²) in [7, 11) is 3.37. The van der Waals surface area contributed by atoms with E-state index in [0.29, 0.717) is 28.0 Å². The van der Waals surface area contributed by atoms with Crippen LogP contribution in [0.5, 0.6) is 5.75 Å². The molecular formula is C21H24N2O5. The van der Waals surface area contributed by atoms with Gasteiger partial charge in [0.15, 0.2) is 6.61 Å². The van der Waals surface area contributed by atoms with Gasteiger partial charge in [0.2, 0.25) is 0 Å². The van der Waals surface area contributed by atoms with Crippen molar-refractivity contribution in [3.63, 3.8) is 0 Å². The van der Waals surface area contributed by atoms with Crippen LogP contribution in [0, 0.1) is 13.8 Å². The van der Waals surface area contributed by atoms with Gasteiger partial charge in [0, 0.05) is 31.8 Å². The lowest BCUT2D eigenvalue weighted by Gasteiger charge is -2.14. The predicted molar refractivity (Wildman–Crippen MR) is 105 cm³/mol. The average Bonchev–Trinajstić information content (AvgIpc) is 2.64. The number of aryl methyl sites for hydroxylation is 2. The maximum Gasteiger partial charge on any atom is 0.341 e. The molecule has 2 amide bonds. The predicted octanol–water partition coefficient (Wildman–Crippen LogP) is 2.40. The van der Waals surface area contributed by atoms with E-state index in [9.17, 15) is 14.4 Å². The highest BCUT2D eigenvalue weighted by Crippen LogP contribution is 2.25. The van der Waals surface area contributed by atoms with E-state index in [1.807, 2.05) is 6.07 Å². The fraction of sp³-hybridized carbons (Fsp3) is 0.286. The molecule has 0 atom stereocenters. The van der Waals surface area contributed by atoms with Crippen molar-refractivity contribution in [2.45, 2.75) is 20.4 Å². The van der Waals surface area contributed by atoms with E-state index < -0.39 is 12.6 Å². The molecule has 0 aliphatic rings. The Labute approximate surface area is 163 Å². The Morgan fingerprint density at radius 3 is 2.25 bits per heavy atom. The molecule has 148 valence electrons. The number of amides is 2. The van der Waals surface area contributed by atoms with Crippen molar-refractivity contribution < 1.29 is 24.2 Å². The fourth-order valence-electron chi connectivity index (χ4n) is 2.80. The number of rotatable bonds is 7. The SMILES string of the molecule is Cc1cc(C(=O)NCc2cccc(C(=O)N(C)C)c2)cc(C)c1OCC(=O)O. The van der Waals surface area contributed by atoms with Gasteiger partial charge in [-0.15, -0.1) is 0 Å². The van der Waals surface area contributed by atoms with Crippen LogP contribution in [0.2, 0.25) is 0 Å². The number of hydrogen-bond donors (Lipinski definition) is 2. The molecule has 0 unspecified atom stereocenters. The second kappa shape index (κ2) is 9.03. The van der Waals surface area contributed by atoms with Gasteiger partial charge in [-0.3, -0.25) is 9.59 Å². The molecule has 7 nitrogen and oxygen atoms in total. The largest absolute Gasteiger partial charge is 0.481 e. The number of carboxylic acids is 1. The summed E-state index contributed by atoms with van der Waals surface area (Å²) < 4.78 is 5.28. The van der Waals surface area contributed by atoms with E-state index in [0.717, 1.165) is 5.56 Å². The number of aliphatic carboxylic acids is 1. The molecule has 2 aromatic rings. The number of hydrogen-bond acceptors (Lipinski definition) is 4. The van der Waals surface area contributed by atoms with E-state index in [2.05, 4.69) is 5.32 Å². The standard InChI is InChI=1S/C21H24N2O5/c1-13-8-17(9-14(2)19(13)28-12-18(24)25)20(26)22-11-15-6-5-7-16(10-15)21(27)23(3)4/h5-10H,11-12H2,1-4H3,(H,22,26)(H,24,25). The zero-order chi connectivity index (χ0) is 20.8. The van der Waals surface area contributed by atoms with Crippen molar-refractivity contribution in [1.82, 2.24) is 10.2 Å². The van der Waals surface area contributed by atoms with E-state index in [4.69, 9.17) is 9.84 Å². The highest BCUT2D eigenvalue weighted by Gasteiger charge is 2.13. The average molecular weight is 384 g/mol. The van der Waals surface area contributed by atoms with Crippen molar-refractivity contribution in [3.8, 4) is 5.75 Å². The van der Waals surface area contributed by atoms with Gasteiger partial charge in [0.1, 0.15) is 5.75 Å². The number of benzene rings is 2. The van der Waals surface area contributed by atoms with Crippen LogP contribution in [0.3, 0.4) is 0 Å². The molecule has 2 rings (SSSR count). The first-order valence-corrected chi connectivity index (χ1v) is 8.73. The van der Waals surface area contributed by atoms with Crippen molar-refractivity contribution in [3.05, 3.63) is 64.2 Å². The second-order valence-corrected chi connectivity index (χ2v) is 6.70. The van der Waals surface area contributed by atoms with Gasteiger partial charge in [-0.05, 0) is 54.8 Å². The molecule has 0 fully saturated rings. The first-order valence-electron chi connectivity index (χ1n) is 8.73. The van der Waals surface area contributed by atoms with E-state index in [-0.39, 0.29) is 18.4 Å². The van der Waals surface area contributed by atoms with E-state index in [1.54, 1.807) is 58.3 Å². The monoisotopic (exact) mass is 384 g/mol. The van der Waals surface area contributed by atoms with Gasteiger partial charge < -0.3 is 20.1 Å². The summed E-state index contributed by atoms with van der Waals surface area (Å²) in [4.78, 5) is 36.7. The lowest BCUT2D eigenvalue weighted by atomic mass is 10.0. The molecule has 0 radical (unpaired) electrons. The Kier molecular flexibility index (Phi) is 6.76. The third-order valence-electron chi connectivity index (χ3n) is 4.10. The number of carbonyl (C=O) groups is 3. The maximum atomic E-state index is 12.5. The maximum absolute atomic E-state index is 12.5. The minimum absolute atomic E-state index is 0.101. The molecule has 0 bridgehead atoms. The molecule has 0 aromatic heterocycles. The second-order valence-electron chi connectivity index (χ2n) is 6.70. The summed E-state index contributed by atoms with van der Waals surface area (Å²) in [6, 6.07) is 10.4. The summed E-state index contributed by atoms with van der Waals surface area (Å²) >= 11 is 0. The number of carbonyl (C=O) groups excluding carboxylic acids is 2. The van der Waals surface area contributed by atoms with Crippen molar-refractivity contribution >= 4 is 17.8 Å². The molecule has 0 aliphatic heterocycles. The van der Waals surface area contributed by atoms with Gasteiger partial charge in [0.05, 0.1) is 0 Å². The summed E-state index contributed by atoms with van der Waals surface area (Å²) in [5.74, 6) is -0.957. The zero-order valence-electron chi connectivity index (χ0n) is 16.4. The molecule has 0 saturated carbocycles. The third kappa shape index (κ3) is 5.33. The van der Waals surface area contributed by atoms with Gasteiger partial charge in [-0.1, -0.05) is 12.1 Å². The van der Waals surface area contributed by atoms with Crippen LogP contribution in [0.25, 0.3) is 0 Å². The minimum Gasteiger partial charge on any atom is -0.481 e. The lowest BCUT2D eigenvalue weighted by molar-refractivity contribution is -0.139. The molecular weight excluding hydrogens is 360 g/mol. The normalized spacial score (nSPS) is 10.3. The molecule has 28 heavy (non-hydrogen) atoms. The van der Waals surface area contributed by atoms with Crippen LogP contribution >= 0.6 is 0 Å². The Hall–Kier alpha value is -3.35. The van der Waals surface area contributed by atoms with Gasteiger partial charge in [0.25, 0.3) is 11.8 Å². The first kappa shape index (κ1) is 21.0. The quantitative estimate of drug-likeness (QED) is 0.764. The van der Waals surface area contributed by atoms with Crippen molar-refractivity contribution in [1.29, 1.82) is 0 Å². The molecule has 0 aliphatic carbocycles. The Morgan fingerprint density at radius 2 is 1.68 bits per heavy atom. The number of nitrogens with zero attached hydrogens (tertiary/aromatic N) is 1. The Morgan fingerprint density at radius 1 is 1.04 bits per heavy atom. The van der Waals surface area contributed by atoms with Gasteiger partial charge in [-0.2, -0.15) is 0 Å². The third-order valence-corrected chi connectivity index (χ3v) is 4.10. The Balaban J connectivity index is 2.08. The van der Waals surface area contributed by atoms with E-state index >= 15 is 0 Å². The fourth-order valence-corrected chi connectivity index (χ4v) is 2.80. The number of ether oxygens (including phenoxy) is 1. The van der Waals surface area contributed by atoms with Crippen LogP contribution in [0.15, 0.2) is 36.4 Å². The van der Waals surface area contributed by atoms with Gasteiger partial charge in [-0.25, -0.2) is 4.79 Å². The lowest BCUT2D eigenvalue weighted by Crippen LogP contribution is -2.24. The molecule has 0 heterocycles. The van der Waals surface area contributed by atoms with E-state index in [1.165, 1.54) is 4.90 Å². The first-order chi connectivity index (χ1) is 13.2. The number of carboxylic acid groups (broad SMARTS) is 1. The summed E-state index contributed by atoms with van der Waals surface area (Å²) in [6.45, 7) is 3.37. The summed E-state index contributed by atoms with van der Waals surface area (Å²) in [5, 5.41) is 11.6. The Bertz CT molecular complexity index is 882. The molecule has 2 aromatic carbocycles. The summed E-state index contributed by atoms with van der Waals surface area (Å²) in [5.41, 5.74) is 3.20. The smallest absolute Gasteiger partial charge is 0.341 e.